The van der Waals surface area contributed by atoms with Crippen LogP contribution in [0.5, 0.6) is 5.75 Å². The van der Waals surface area contributed by atoms with Crippen LogP contribution in [0, 0.1) is 5.92 Å². The number of carbonyl (C=O) groups is 3. The lowest BCUT2D eigenvalue weighted by molar-refractivity contribution is -0.138. The monoisotopic (exact) mass is 515 g/mol. The zero-order chi connectivity index (χ0) is 26.4. The Morgan fingerprint density at radius 2 is 1.86 bits per heavy atom. The zero-order valence-corrected chi connectivity index (χ0v) is 22.4. The van der Waals surface area contributed by atoms with E-state index < -0.39 is 6.04 Å². The van der Waals surface area contributed by atoms with E-state index in [9.17, 15) is 14.4 Å². The molecule has 3 saturated heterocycles. The van der Waals surface area contributed by atoms with Gasteiger partial charge in [0, 0.05) is 70.4 Å². The summed E-state index contributed by atoms with van der Waals surface area (Å²) in [5, 5.41) is 3.28. The molecule has 2 unspecified atom stereocenters. The Labute approximate surface area is 219 Å². The maximum atomic E-state index is 13.8. The van der Waals surface area contributed by atoms with Gasteiger partial charge in [0.1, 0.15) is 11.8 Å². The van der Waals surface area contributed by atoms with Gasteiger partial charge >= 0.3 is 0 Å². The van der Waals surface area contributed by atoms with Gasteiger partial charge in [-0.2, -0.15) is 0 Å². The van der Waals surface area contributed by atoms with Crippen molar-refractivity contribution in [2.75, 3.05) is 79.2 Å². The van der Waals surface area contributed by atoms with Gasteiger partial charge in [0.15, 0.2) is 0 Å². The fourth-order valence-corrected chi connectivity index (χ4v) is 5.39. The van der Waals surface area contributed by atoms with Gasteiger partial charge in [0.2, 0.25) is 11.8 Å². The number of benzene rings is 1. The molecule has 4 rings (SSSR count). The van der Waals surface area contributed by atoms with E-state index in [1.54, 1.807) is 36.3 Å². The molecule has 1 N–H and O–H groups in total. The van der Waals surface area contributed by atoms with E-state index in [1.807, 2.05) is 23.6 Å². The second-order valence-corrected chi connectivity index (χ2v) is 10.3. The first-order valence-corrected chi connectivity index (χ1v) is 13.4. The molecule has 0 radical (unpaired) electrons. The number of hydrogen-bond donors (Lipinski definition) is 1. The summed E-state index contributed by atoms with van der Waals surface area (Å²) in [7, 11) is 1.57. The Bertz CT molecular complexity index is 945. The molecule has 0 spiro atoms. The number of methoxy groups -OCH3 is 1. The first-order chi connectivity index (χ1) is 17.9. The third-order valence-electron chi connectivity index (χ3n) is 7.55. The lowest BCUT2D eigenvalue weighted by Gasteiger charge is -2.34. The molecule has 0 aromatic heterocycles. The summed E-state index contributed by atoms with van der Waals surface area (Å²) in [5.41, 5.74) is 0.480. The van der Waals surface area contributed by atoms with Crippen molar-refractivity contribution >= 4 is 17.7 Å². The first kappa shape index (κ1) is 27.3. The minimum Gasteiger partial charge on any atom is -0.497 e. The number of amides is 3. The van der Waals surface area contributed by atoms with Crippen molar-refractivity contribution < 1.29 is 23.9 Å². The fraction of sp³-hybridized carbons (Fsp3) is 0.667. The molecule has 2 atom stereocenters. The molecule has 1 aromatic rings. The summed E-state index contributed by atoms with van der Waals surface area (Å²) in [6, 6.07) is 6.21. The van der Waals surface area contributed by atoms with E-state index in [4.69, 9.17) is 9.47 Å². The van der Waals surface area contributed by atoms with E-state index in [2.05, 4.69) is 10.2 Å². The molecule has 10 nitrogen and oxygen atoms in total. The molecule has 10 heteroatoms. The summed E-state index contributed by atoms with van der Waals surface area (Å²) in [6.07, 6.45) is 0.444. The molecular weight excluding hydrogens is 474 g/mol. The molecule has 3 heterocycles. The lowest BCUT2D eigenvalue weighted by atomic mass is 10.1. The molecule has 204 valence electrons. The summed E-state index contributed by atoms with van der Waals surface area (Å²) >= 11 is 0. The molecule has 1 aromatic carbocycles. The van der Waals surface area contributed by atoms with Crippen LogP contribution in [-0.2, 0) is 14.3 Å². The van der Waals surface area contributed by atoms with Crippen LogP contribution in [0.4, 0.5) is 0 Å². The highest BCUT2D eigenvalue weighted by Crippen LogP contribution is 2.28. The SMILES string of the molecule is COc1cccc(C(=O)N2CC(N(CCN3CCOCC3)C(=O)C(C)C)CC2C(=O)N2CCNCC2)c1. The van der Waals surface area contributed by atoms with Crippen molar-refractivity contribution in [3.8, 4) is 5.75 Å². The molecule has 37 heavy (non-hydrogen) atoms. The summed E-state index contributed by atoms with van der Waals surface area (Å²) in [6.45, 7) is 11.3. The average molecular weight is 516 g/mol. The molecule has 3 fully saturated rings. The van der Waals surface area contributed by atoms with Crippen molar-refractivity contribution in [1.29, 1.82) is 0 Å². The van der Waals surface area contributed by atoms with E-state index in [0.29, 0.717) is 57.1 Å². The van der Waals surface area contributed by atoms with Gasteiger partial charge < -0.3 is 29.5 Å². The topological polar surface area (TPSA) is 94.7 Å². The molecule has 0 saturated carbocycles. The third kappa shape index (κ3) is 6.61. The quantitative estimate of drug-likeness (QED) is 0.540. The van der Waals surface area contributed by atoms with Crippen LogP contribution >= 0.6 is 0 Å². The van der Waals surface area contributed by atoms with Crippen LogP contribution in [0.3, 0.4) is 0 Å². The lowest BCUT2D eigenvalue weighted by Crippen LogP contribution is -2.53. The Kier molecular flexibility index (Phi) is 9.39. The van der Waals surface area contributed by atoms with Gasteiger partial charge in [-0.3, -0.25) is 19.3 Å². The Morgan fingerprint density at radius 1 is 1.14 bits per heavy atom. The van der Waals surface area contributed by atoms with Crippen molar-refractivity contribution in [1.82, 2.24) is 24.9 Å². The van der Waals surface area contributed by atoms with E-state index in [-0.39, 0.29) is 29.7 Å². The van der Waals surface area contributed by atoms with Crippen LogP contribution < -0.4 is 10.1 Å². The predicted molar refractivity (Wildman–Crippen MR) is 139 cm³/mol. The van der Waals surface area contributed by atoms with Gasteiger partial charge in [-0.25, -0.2) is 0 Å². The van der Waals surface area contributed by atoms with Gasteiger partial charge in [0.05, 0.1) is 26.4 Å². The fourth-order valence-electron chi connectivity index (χ4n) is 5.39. The molecule has 3 aliphatic heterocycles. The van der Waals surface area contributed by atoms with Gasteiger partial charge in [-0.05, 0) is 24.6 Å². The molecule has 3 aliphatic rings. The summed E-state index contributed by atoms with van der Waals surface area (Å²) in [4.78, 5) is 48.6. The van der Waals surface area contributed by atoms with Crippen LogP contribution in [-0.4, -0.2) is 129 Å². The largest absolute Gasteiger partial charge is 0.497 e. The standard InChI is InChI=1S/C27H41N5O5/c1-20(2)25(33)31(12-11-29-13-15-37-16-14-29)22-18-24(27(35)30-9-7-28-8-10-30)32(19-22)26(34)21-5-4-6-23(17-21)36-3/h4-6,17,20,22,24,28H,7-16,18-19H2,1-3H3. The van der Waals surface area contributed by atoms with Crippen LogP contribution in [0.15, 0.2) is 24.3 Å². The number of morpholine rings is 1. The third-order valence-corrected chi connectivity index (χ3v) is 7.55. The molecular formula is C27H41N5O5. The predicted octanol–water partition coefficient (Wildman–Crippen LogP) is 0.527. The second-order valence-electron chi connectivity index (χ2n) is 10.3. The highest BCUT2D eigenvalue weighted by Gasteiger charge is 2.45. The van der Waals surface area contributed by atoms with Gasteiger partial charge in [-0.15, -0.1) is 0 Å². The van der Waals surface area contributed by atoms with E-state index in [0.717, 1.165) is 32.7 Å². The van der Waals surface area contributed by atoms with E-state index >= 15 is 0 Å². The number of likely N-dealkylation sites (tertiary alicyclic amines) is 1. The van der Waals surface area contributed by atoms with Gasteiger partial charge in [0.25, 0.3) is 5.91 Å². The Morgan fingerprint density at radius 3 is 2.54 bits per heavy atom. The maximum absolute atomic E-state index is 13.8. The zero-order valence-electron chi connectivity index (χ0n) is 22.4. The minimum absolute atomic E-state index is 0.0367. The smallest absolute Gasteiger partial charge is 0.254 e. The molecule has 0 aliphatic carbocycles. The van der Waals surface area contributed by atoms with Gasteiger partial charge in [-0.1, -0.05) is 19.9 Å². The second kappa shape index (κ2) is 12.7. The summed E-state index contributed by atoms with van der Waals surface area (Å²) in [5.74, 6) is 0.233. The normalized spacial score (nSPS) is 22.8. The maximum Gasteiger partial charge on any atom is 0.254 e. The number of ether oxygens (including phenoxy) is 2. The summed E-state index contributed by atoms with van der Waals surface area (Å²) < 4.78 is 10.8. The molecule has 0 bridgehead atoms. The number of piperazine rings is 1. The van der Waals surface area contributed by atoms with Crippen LogP contribution in [0.25, 0.3) is 0 Å². The Hall–Kier alpha value is -2.69. The van der Waals surface area contributed by atoms with E-state index in [1.165, 1.54) is 0 Å². The van der Waals surface area contributed by atoms with Crippen molar-refractivity contribution in [2.45, 2.75) is 32.4 Å². The number of nitrogens with zero attached hydrogens (tertiary/aromatic N) is 4. The average Bonchev–Trinajstić information content (AvgIpc) is 3.38. The van der Waals surface area contributed by atoms with Crippen molar-refractivity contribution in [3.05, 3.63) is 29.8 Å². The van der Waals surface area contributed by atoms with Crippen LogP contribution in [0.1, 0.15) is 30.6 Å². The minimum atomic E-state index is -0.604. The van der Waals surface area contributed by atoms with Crippen LogP contribution in [0.2, 0.25) is 0 Å². The highest BCUT2D eigenvalue weighted by atomic mass is 16.5. The molecule has 3 amide bonds. The number of hydrogen-bond acceptors (Lipinski definition) is 7. The first-order valence-electron chi connectivity index (χ1n) is 13.4. The number of nitrogens with one attached hydrogen (secondary N) is 1. The Balaban J connectivity index is 1.57. The number of carbonyl (C=O) groups excluding carboxylic acids is 3. The van der Waals surface area contributed by atoms with Crippen molar-refractivity contribution in [2.24, 2.45) is 5.92 Å². The van der Waals surface area contributed by atoms with Crippen molar-refractivity contribution in [3.63, 3.8) is 0 Å². The highest BCUT2D eigenvalue weighted by molar-refractivity contribution is 5.98. The number of rotatable bonds is 8.